The van der Waals surface area contributed by atoms with E-state index in [0.29, 0.717) is 6.54 Å². The van der Waals surface area contributed by atoms with Gasteiger partial charge in [-0.3, -0.25) is 0 Å². The Bertz CT molecular complexity index is 737. The van der Waals surface area contributed by atoms with Crippen LogP contribution in [-0.2, 0) is 6.54 Å². The smallest absolute Gasteiger partial charge is 0.335 e. The van der Waals surface area contributed by atoms with E-state index in [-0.39, 0.29) is 5.56 Å². The van der Waals surface area contributed by atoms with Gasteiger partial charge >= 0.3 is 5.97 Å². The third kappa shape index (κ3) is 2.15. The van der Waals surface area contributed by atoms with Crippen molar-refractivity contribution in [1.82, 2.24) is 19.5 Å². The highest BCUT2D eigenvalue weighted by atomic mass is 16.4. The fraction of sp³-hybridized carbons (Fsp3) is 0.0769. The van der Waals surface area contributed by atoms with E-state index in [9.17, 15) is 4.79 Å². The molecule has 1 N–H and O–H groups in total. The molecule has 0 aliphatic heterocycles. The highest BCUT2D eigenvalue weighted by Crippen LogP contribution is 2.16. The minimum atomic E-state index is -0.947. The molecule has 1 aromatic carbocycles. The molecule has 0 bridgehead atoms. The summed E-state index contributed by atoms with van der Waals surface area (Å²) in [5, 5.41) is 9.01. The number of fused-ring (bicyclic) bond motifs is 1. The average Bonchev–Trinajstić information content (AvgIpc) is 2.82. The van der Waals surface area contributed by atoms with E-state index < -0.39 is 5.97 Å². The summed E-state index contributed by atoms with van der Waals surface area (Å²) < 4.78 is 1.88. The summed E-state index contributed by atoms with van der Waals surface area (Å²) in [4.78, 5) is 23.1. The Morgan fingerprint density at radius 3 is 2.79 bits per heavy atom. The summed E-state index contributed by atoms with van der Waals surface area (Å²) in [6, 6.07) is 4.87. The second-order valence-corrected chi connectivity index (χ2v) is 4.13. The minimum Gasteiger partial charge on any atom is -0.478 e. The van der Waals surface area contributed by atoms with Gasteiger partial charge in [0.05, 0.1) is 29.5 Å². The van der Waals surface area contributed by atoms with Gasteiger partial charge in [0.2, 0.25) is 0 Å². The summed E-state index contributed by atoms with van der Waals surface area (Å²) in [5.74, 6) is -0.947. The van der Waals surface area contributed by atoms with Gasteiger partial charge in [-0.25, -0.2) is 19.7 Å². The quantitative estimate of drug-likeness (QED) is 0.767. The summed E-state index contributed by atoms with van der Waals surface area (Å²) in [6.07, 6.45) is 6.60. The van der Waals surface area contributed by atoms with E-state index in [1.54, 1.807) is 36.9 Å². The van der Waals surface area contributed by atoms with Crippen molar-refractivity contribution in [2.24, 2.45) is 0 Å². The van der Waals surface area contributed by atoms with Gasteiger partial charge in [0, 0.05) is 18.0 Å². The standard InChI is InChI=1S/C13H10N4O2/c18-13(19)10-1-2-11-12(3-10)17(8-16-11)6-9-4-14-7-15-5-9/h1-5,7-8H,6H2,(H,18,19). The van der Waals surface area contributed by atoms with E-state index in [1.165, 1.54) is 6.33 Å². The molecule has 3 aromatic rings. The fourth-order valence-electron chi connectivity index (χ4n) is 1.92. The van der Waals surface area contributed by atoms with Gasteiger partial charge in [-0.2, -0.15) is 0 Å². The molecule has 0 unspecified atom stereocenters. The summed E-state index contributed by atoms with van der Waals surface area (Å²) in [6.45, 7) is 0.556. The number of hydrogen-bond donors (Lipinski definition) is 1. The summed E-state index contributed by atoms with van der Waals surface area (Å²) >= 11 is 0. The van der Waals surface area contributed by atoms with Gasteiger partial charge < -0.3 is 9.67 Å². The molecule has 0 aliphatic carbocycles. The first kappa shape index (κ1) is 11.3. The van der Waals surface area contributed by atoms with Crippen LogP contribution < -0.4 is 0 Å². The van der Waals surface area contributed by atoms with Crippen molar-refractivity contribution in [3.63, 3.8) is 0 Å². The molecule has 19 heavy (non-hydrogen) atoms. The third-order valence-corrected chi connectivity index (χ3v) is 2.83. The van der Waals surface area contributed by atoms with Crippen LogP contribution in [0.2, 0.25) is 0 Å². The van der Waals surface area contributed by atoms with E-state index in [1.807, 2.05) is 4.57 Å². The molecular weight excluding hydrogens is 244 g/mol. The Morgan fingerprint density at radius 1 is 1.26 bits per heavy atom. The average molecular weight is 254 g/mol. The number of benzene rings is 1. The maximum absolute atomic E-state index is 11.0. The van der Waals surface area contributed by atoms with Crippen LogP contribution in [0.5, 0.6) is 0 Å². The van der Waals surface area contributed by atoms with Crippen LogP contribution in [0.3, 0.4) is 0 Å². The number of aromatic nitrogens is 4. The first-order valence-corrected chi connectivity index (χ1v) is 5.66. The lowest BCUT2D eigenvalue weighted by Gasteiger charge is -2.04. The van der Waals surface area contributed by atoms with Crippen LogP contribution >= 0.6 is 0 Å². The number of imidazole rings is 1. The first-order chi connectivity index (χ1) is 9.24. The van der Waals surface area contributed by atoms with Crippen molar-refractivity contribution in [3.8, 4) is 0 Å². The van der Waals surface area contributed by atoms with E-state index in [4.69, 9.17) is 5.11 Å². The zero-order chi connectivity index (χ0) is 13.2. The van der Waals surface area contributed by atoms with Gasteiger partial charge in [0.25, 0.3) is 0 Å². The number of rotatable bonds is 3. The SMILES string of the molecule is O=C(O)c1ccc2ncn(Cc3cncnc3)c2c1. The molecule has 0 amide bonds. The maximum Gasteiger partial charge on any atom is 0.335 e. The van der Waals surface area contributed by atoms with Crippen LogP contribution in [0.1, 0.15) is 15.9 Å². The van der Waals surface area contributed by atoms with Crippen molar-refractivity contribution in [3.05, 3.63) is 54.4 Å². The van der Waals surface area contributed by atoms with Crippen molar-refractivity contribution in [2.45, 2.75) is 6.54 Å². The maximum atomic E-state index is 11.0. The van der Waals surface area contributed by atoms with Crippen LogP contribution in [-0.4, -0.2) is 30.6 Å². The van der Waals surface area contributed by atoms with Crippen LogP contribution in [0.4, 0.5) is 0 Å². The number of carboxylic acid groups (broad SMARTS) is 1. The molecular formula is C13H10N4O2. The Kier molecular flexibility index (Phi) is 2.68. The Labute approximate surface area is 108 Å². The Balaban J connectivity index is 2.04. The molecule has 0 atom stereocenters. The number of nitrogens with zero attached hydrogens (tertiary/aromatic N) is 4. The van der Waals surface area contributed by atoms with Crippen molar-refractivity contribution in [2.75, 3.05) is 0 Å². The lowest BCUT2D eigenvalue weighted by Crippen LogP contribution is -2.01. The topological polar surface area (TPSA) is 80.9 Å². The second-order valence-electron chi connectivity index (χ2n) is 4.13. The van der Waals surface area contributed by atoms with Gasteiger partial charge in [-0.15, -0.1) is 0 Å². The normalized spacial score (nSPS) is 10.7. The monoisotopic (exact) mass is 254 g/mol. The van der Waals surface area contributed by atoms with Gasteiger partial charge in [-0.05, 0) is 18.2 Å². The molecule has 0 radical (unpaired) electrons. The third-order valence-electron chi connectivity index (χ3n) is 2.83. The molecule has 2 heterocycles. The Morgan fingerprint density at radius 2 is 2.05 bits per heavy atom. The molecule has 2 aromatic heterocycles. The van der Waals surface area contributed by atoms with Gasteiger partial charge in [0.1, 0.15) is 6.33 Å². The molecule has 0 saturated heterocycles. The largest absolute Gasteiger partial charge is 0.478 e. The molecule has 6 nitrogen and oxygen atoms in total. The number of hydrogen-bond acceptors (Lipinski definition) is 4. The summed E-state index contributed by atoms with van der Waals surface area (Å²) in [7, 11) is 0. The predicted molar refractivity (Wildman–Crippen MR) is 67.8 cm³/mol. The minimum absolute atomic E-state index is 0.249. The highest BCUT2D eigenvalue weighted by Gasteiger charge is 2.08. The number of carboxylic acids is 1. The van der Waals surface area contributed by atoms with E-state index in [0.717, 1.165) is 16.6 Å². The molecule has 0 spiro atoms. The molecule has 94 valence electrons. The van der Waals surface area contributed by atoms with Crippen LogP contribution in [0.15, 0.2) is 43.2 Å². The highest BCUT2D eigenvalue weighted by molar-refractivity contribution is 5.92. The second kappa shape index (κ2) is 4.49. The lowest BCUT2D eigenvalue weighted by atomic mass is 10.2. The zero-order valence-corrected chi connectivity index (χ0v) is 9.89. The zero-order valence-electron chi connectivity index (χ0n) is 9.89. The van der Waals surface area contributed by atoms with Crippen molar-refractivity contribution in [1.29, 1.82) is 0 Å². The fourth-order valence-corrected chi connectivity index (χ4v) is 1.92. The van der Waals surface area contributed by atoms with Gasteiger partial charge in [-0.1, -0.05) is 0 Å². The first-order valence-electron chi connectivity index (χ1n) is 5.66. The number of aromatic carboxylic acids is 1. The van der Waals surface area contributed by atoms with Crippen LogP contribution in [0.25, 0.3) is 11.0 Å². The summed E-state index contributed by atoms with van der Waals surface area (Å²) in [5.41, 5.74) is 2.73. The van der Waals surface area contributed by atoms with Crippen molar-refractivity contribution < 1.29 is 9.90 Å². The van der Waals surface area contributed by atoms with E-state index in [2.05, 4.69) is 15.0 Å². The Hall–Kier alpha value is -2.76. The molecule has 6 heteroatoms. The van der Waals surface area contributed by atoms with E-state index >= 15 is 0 Å². The molecule has 0 saturated carbocycles. The molecule has 3 rings (SSSR count). The lowest BCUT2D eigenvalue weighted by molar-refractivity contribution is 0.0697. The number of carbonyl (C=O) groups is 1. The van der Waals surface area contributed by atoms with Gasteiger partial charge in [0.15, 0.2) is 0 Å². The molecule has 0 fully saturated rings. The van der Waals surface area contributed by atoms with Crippen LogP contribution in [0, 0.1) is 0 Å². The predicted octanol–water partition coefficient (Wildman–Crippen LogP) is 1.57. The molecule has 0 aliphatic rings. The van der Waals surface area contributed by atoms with Crippen molar-refractivity contribution >= 4 is 17.0 Å².